The van der Waals surface area contributed by atoms with Gasteiger partial charge >= 0.3 is 0 Å². The Balaban J connectivity index is 1.45. The molecular weight excluding hydrogens is 240 g/mol. The molecule has 6 aliphatic carbocycles. The summed E-state index contributed by atoms with van der Waals surface area (Å²) >= 11 is 0. The van der Waals surface area contributed by atoms with Crippen molar-refractivity contribution < 1.29 is 0 Å². The SMILES string of the molecule is CCC1(C)C(C)C2C3CC21C1CC32C3C(C)C(C)C3C12. The third kappa shape index (κ3) is 0.642. The fraction of sp³-hybridized carbons (Fsp3) is 1.00. The first-order valence-corrected chi connectivity index (χ1v) is 9.47. The van der Waals surface area contributed by atoms with E-state index in [9.17, 15) is 0 Å². The molecule has 0 amide bonds. The molecule has 0 saturated heterocycles. The Hall–Kier alpha value is 0. The molecule has 0 aliphatic heterocycles. The van der Waals surface area contributed by atoms with Crippen LogP contribution in [0.15, 0.2) is 0 Å². The summed E-state index contributed by atoms with van der Waals surface area (Å²) in [7, 11) is 0. The molecule has 0 radical (unpaired) electrons. The molecule has 110 valence electrons. The monoisotopic (exact) mass is 270 g/mol. The quantitative estimate of drug-likeness (QED) is 0.639. The second-order valence-corrected chi connectivity index (χ2v) is 10.2. The molecule has 0 aromatic heterocycles. The van der Waals surface area contributed by atoms with Crippen LogP contribution in [0.1, 0.15) is 53.9 Å². The van der Waals surface area contributed by atoms with Crippen LogP contribution in [-0.2, 0) is 0 Å². The van der Waals surface area contributed by atoms with E-state index in [0.29, 0.717) is 5.41 Å². The van der Waals surface area contributed by atoms with Crippen molar-refractivity contribution >= 4 is 0 Å². The highest BCUT2D eigenvalue weighted by Gasteiger charge is 2.95. The molecule has 6 fully saturated rings. The summed E-state index contributed by atoms with van der Waals surface area (Å²) in [6.07, 6.45) is 4.75. The molecule has 6 saturated carbocycles. The molecule has 0 aromatic carbocycles. The van der Waals surface area contributed by atoms with E-state index in [1.807, 2.05) is 0 Å². The Labute approximate surface area is 124 Å². The van der Waals surface area contributed by atoms with E-state index in [4.69, 9.17) is 0 Å². The van der Waals surface area contributed by atoms with Crippen molar-refractivity contribution in [3.8, 4) is 0 Å². The fourth-order valence-electron chi connectivity index (χ4n) is 10.4. The van der Waals surface area contributed by atoms with E-state index in [1.165, 1.54) is 30.1 Å². The Morgan fingerprint density at radius 2 is 1.65 bits per heavy atom. The molecule has 0 heteroatoms. The molecule has 12 atom stereocenters. The molecule has 0 aromatic rings. The van der Waals surface area contributed by atoms with Gasteiger partial charge in [-0.05, 0) is 88.8 Å². The second kappa shape index (κ2) is 2.67. The number of rotatable bonds is 1. The molecule has 20 heavy (non-hydrogen) atoms. The summed E-state index contributed by atoms with van der Waals surface area (Å²) in [4.78, 5) is 0. The fourth-order valence-corrected chi connectivity index (χ4v) is 10.4. The Morgan fingerprint density at radius 1 is 0.900 bits per heavy atom. The lowest BCUT2D eigenvalue weighted by Crippen LogP contribution is -2.94. The van der Waals surface area contributed by atoms with E-state index < -0.39 is 0 Å². The standard InChI is InChI=1S/C20H30/c1-6-18(5)11(4)16-12-8-20(16,18)13-7-19(12)15-10(3)9(2)14(15)17(13)19/h9-17H,6-8H2,1-5H3. The first kappa shape index (κ1) is 11.6. The lowest BCUT2D eigenvalue weighted by molar-refractivity contribution is -0.520. The maximum absolute atomic E-state index is 2.67. The predicted octanol–water partition coefficient (Wildman–Crippen LogP) is 4.84. The summed E-state index contributed by atoms with van der Waals surface area (Å²) in [5, 5.41) is 0. The normalized spacial score (nSPS) is 81.2. The van der Waals surface area contributed by atoms with Crippen LogP contribution in [0.2, 0.25) is 0 Å². The van der Waals surface area contributed by atoms with E-state index >= 15 is 0 Å². The van der Waals surface area contributed by atoms with Gasteiger partial charge in [0.15, 0.2) is 0 Å². The summed E-state index contributed by atoms with van der Waals surface area (Å²) in [6.45, 7) is 12.9. The smallest absolute Gasteiger partial charge is 0.0173 e. The van der Waals surface area contributed by atoms with Gasteiger partial charge in [-0.2, -0.15) is 0 Å². The molecule has 0 nitrogen and oxygen atoms in total. The van der Waals surface area contributed by atoms with Gasteiger partial charge in [0.05, 0.1) is 0 Å². The van der Waals surface area contributed by atoms with Gasteiger partial charge in [-0.1, -0.05) is 34.6 Å². The maximum atomic E-state index is 2.67. The zero-order valence-corrected chi connectivity index (χ0v) is 13.8. The Morgan fingerprint density at radius 3 is 2.35 bits per heavy atom. The van der Waals surface area contributed by atoms with Crippen LogP contribution in [0.4, 0.5) is 0 Å². The minimum atomic E-state index is 0.703. The van der Waals surface area contributed by atoms with E-state index in [-0.39, 0.29) is 0 Å². The average Bonchev–Trinajstić information content (AvgIpc) is 2.42. The molecule has 12 unspecified atom stereocenters. The number of fused-ring (bicyclic) bond motifs is 1. The zero-order chi connectivity index (χ0) is 13.8. The molecule has 0 heterocycles. The van der Waals surface area contributed by atoms with Crippen LogP contribution in [0.3, 0.4) is 0 Å². The van der Waals surface area contributed by atoms with Crippen LogP contribution in [-0.4, -0.2) is 0 Å². The van der Waals surface area contributed by atoms with Gasteiger partial charge in [0, 0.05) is 0 Å². The van der Waals surface area contributed by atoms with Crippen LogP contribution < -0.4 is 0 Å². The number of hydrogen-bond donors (Lipinski definition) is 0. The molecule has 6 rings (SSSR count). The van der Waals surface area contributed by atoms with E-state index in [2.05, 4.69) is 34.6 Å². The molecule has 0 spiro atoms. The first-order chi connectivity index (χ1) is 9.47. The van der Waals surface area contributed by atoms with Crippen molar-refractivity contribution in [1.82, 2.24) is 0 Å². The highest BCUT2D eigenvalue weighted by atomic mass is 15.0. The van der Waals surface area contributed by atoms with Crippen LogP contribution in [0.25, 0.3) is 0 Å². The lowest BCUT2D eigenvalue weighted by atomic mass is 9.05. The van der Waals surface area contributed by atoms with Crippen LogP contribution >= 0.6 is 0 Å². The van der Waals surface area contributed by atoms with E-state index in [0.717, 1.165) is 40.4 Å². The minimum Gasteiger partial charge on any atom is -0.0648 e. The third-order valence-corrected chi connectivity index (χ3v) is 11.4. The summed E-state index contributed by atoms with van der Waals surface area (Å²) in [6, 6.07) is 0. The van der Waals surface area contributed by atoms with Crippen molar-refractivity contribution in [1.29, 1.82) is 0 Å². The van der Waals surface area contributed by atoms with Crippen molar-refractivity contribution in [3.05, 3.63) is 0 Å². The Kier molecular flexibility index (Phi) is 1.54. The van der Waals surface area contributed by atoms with Crippen molar-refractivity contribution in [2.75, 3.05) is 0 Å². The maximum Gasteiger partial charge on any atom is -0.0173 e. The van der Waals surface area contributed by atoms with Gasteiger partial charge in [0.25, 0.3) is 0 Å². The van der Waals surface area contributed by atoms with Gasteiger partial charge in [0.2, 0.25) is 0 Å². The molecular formula is C20H30. The second-order valence-electron chi connectivity index (χ2n) is 10.2. The molecule has 4 bridgehead atoms. The number of hydrogen-bond acceptors (Lipinski definition) is 0. The van der Waals surface area contributed by atoms with Crippen molar-refractivity contribution in [2.24, 2.45) is 69.5 Å². The summed E-state index contributed by atoms with van der Waals surface area (Å²) < 4.78 is 0. The van der Waals surface area contributed by atoms with Gasteiger partial charge in [-0.15, -0.1) is 0 Å². The van der Waals surface area contributed by atoms with Crippen LogP contribution in [0, 0.1) is 69.5 Å². The first-order valence-electron chi connectivity index (χ1n) is 9.47. The zero-order valence-electron chi connectivity index (χ0n) is 13.8. The summed E-state index contributed by atoms with van der Waals surface area (Å²) in [5.41, 5.74) is 2.44. The highest BCUT2D eigenvalue weighted by molar-refractivity contribution is 5.42. The van der Waals surface area contributed by atoms with Crippen molar-refractivity contribution in [3.63, 3.8) is 0 Å². The van der Waals surface area contributed by atoms with Gasteiger partial charge < -0.3 is 0 Å². The largest absolute Gasteiger partial charge is 0.0648 e. The molecule has 6 aliphatic rings. The van der Waals surface area contributed by atoms with Gasteiger partial charge in [-0.3, -0.25) is 0 Å². The lowest BCUT2D eigenvalue weighted by Gasteiger charge is -2.99. The summed E-state index contributed by atoms with van der Waals surface area (Å²) in [5.74, 6) is 10.2. The van der Waals surface area contributed by atoms with Gasteiger partial charge in [-0.25, -0.2) is 0 Å². The highest BCUT2D eigenvalue weighted by Crippen LogP contribution is 2.99. The van der Waals surface area contributed by atoms with E-state index in [1.54, 1.807) is 12.8 Å². The third-order valence-electron chi connectivity index (χ3n) is 11.4. The van der Waals surface area contributed by atoms with Crippen LogP contribution in [0.5, 0.6) is 0 Å². The Bertz CT molecular complexity index is 532. The van der Waals surface area contributed by atoms with Crippen molar-refractivity contribution in [2.45, 2.75) is 53.9 Å². The molecule has 0 N–H and O–H groups in total. The predicted molar refractivity (Wildman–Crippen MR) is 80.9 cm³/mol. The average molecular weight is 270 g/mol. The minimum absolute atomic E-state index is 0.703. The topological polar surface area (TPSA) is 0 Å². The van der Waals surface area contributed by atoms with Gasteiger partial charge in [0.1, 0.15) is 0 Å².